The molecule has 0 spiro atoms. The van der Waals surface area contributed by atoms with Crippen LogP contribution in [0.3, 0.4) is 0 Å². The van der Waals surface area contributed by atoms with Crippen molar-refractivity contribution < 1.29 is 4.74 Å². The Labute approximate surface area is 124 Å². The maximum Gasteiger partial charge on any atom is 0.139 e. The molecule has 0 aliphatic rings. The third-order valence-corrected chi connectivity index (χ3v) is 3.65. The van der Waals surface area contributed by atoms with Crippen LogP contribution in [-0.4, -0.2) is 0 Å². The summed E-state index contributed by atoms with van der Waals surface area (Å²) in [7, 11) is 0. The first-order valence-electron chi connectivity index (χ1n) is 6.12. The average Bonchev–Trinajstić information content (AvgIpc) is 2.32. The predicted molar refractivity (Wildman–Crippen MR) is 81.4 cm³/mol. The lowest BCUT2D eigenvalue weighted by Crippen LogP contribution is -2.01. The van der Waals surface area contributed by atoms with Crippen LogP contribution in [0, 0.1) is 20.8 Å². The van der Waals surface area contributed by atoms with Crippen LogP contribution >= 0.6 is 23.2 Å². The summed E-state index contributed by atoms with van der Waals surface area (Å²) in [6, 6.07) is 9.55. The van der Waals surface area contributed by atoms with Gasteiger partial charge < -0.3 is 4.74 Å². The van der Waals surface area contributed by atoms with Gasteiger partial charge in [0.05, 0.1) is 5.02 Å². The van der Waals surface area contributed by atoms with Gasteiger partial charge in [-0.15, -0.1) is 0 Å². The molecule has 3 heteroatoms. The molecule has 19 heavy (non-hydrogen) atoms. The minimum atomic E-state index is 0.498. The topological polar surface area (TPSA) is 9.23 Å². The molecule has 0 atom stereocenters. The van der Waals surface area contributed by atoms with Crippen molar-refractivity contribution in [3.8, 4) is 5.75 Å². The van der Waals surface area contributed by atoms with Crippen molar-refractivity contribution in [2.75, 3.05) is 0 Å². The normalized spacial score (nSPS) is 10.6. The molecule has 0 saturated carbocycles. The highest BCUT2D eigenvalue weighted by Crippen LogP contribution is 2.29. The van der Waals surface area contributed by atoms with Gasteiger partial charge in [0.2, 0.25) is 0 Å². The first-order valence-corrected chi connectivity index (χ1v) is 6.87. The van der Waals surface area contributed by atoms with Crippen LogP contribution in [0.4, 0.5) is 0 Å². The molecule has 2 aromatic carbocycles. The van der Waals surface area contributed by atoms with Gasteiger partial charge in [-0.3, -0.25) is 0 Å². The maximum atomic E-state index is 6.08. The van der Waals surface area contributed by atoms with Crippen LogP contribution in [-0.2, 0) is 6.61 Å². The SMILES string of the molecule is Cc1cc(C)c(COc2cc(Cl)ccc2Cl)c(C)c1. The van der Waals surface area contributed by atoms with E-state index in [9.17, 15) is 0 Å². The van der Waals surface area contributed by atoms with E-state index in [0.717, 1.165) is 0 Å². The van der Waals surface area contributed by atoms with Gasteiger partial charge in [-0.1, -0.05) is 40.9 Å². The van der Waals surface area contributed by atoms with Gasteiger partial charge in [-0.05, 0) is 49.6 Å². The highest BCUT2D eigenvalue weighted by atomic mass is 35.5. The molecule has 0 amide bonds. The second kappa shape index (κ2) is 5.85. The molecule has 0 bridgehead atoms. The van der Waals surface area contributed by atoms with E-state index >= 15 is 0 Å². The molecule has 0 aliphatic carbocycles. The summed E-state index contributed by atoms with van der Waals surface area (Å²) in [5.74, 6) is 0.619. The molecule has 100 valence electrons. The molecule has 1 nitrogen and oxygen atoms in total. The summed E-state index contributed by atoms with van der Waals surface area (Å²) in [4.78, 5) is 0. The molecular formula is C16H16Cl2O. The maximum absolute atomic E-state index is 6.08. The van der Waals surface area contributed by atoms with Gasteiger partial charge in [-0.25, -0.2) is 0 Å². The van der Waals surface area contributed by atoms with Crippen LogP contribution in [0.5, 0.6) is 5.75 Å². The van der Waals surface area contributed by atoms with Crippen molar-refractivity contribution in [1.82, 2.24) is 0 Å². The fourth-order valence-corrected chi connectivity index (χ4v) is 2.51. The van der Waals surface area contributed by atoms with Gasteiger partial charge in [0.15, 0.2) is 0 Å². The molecule has 0 unspecified atom stereocenters. The molecule has 0 aromatic heterocycles. The second-order valence-corrected chi connectivity index (χ2v) is 5.58. The first-order chi connectivity index (χ1) is 8.97. The summed E-state index contributed by atoms with van der Waals surface area (Å²) < 4.78 is 5.79. The van der Waals surface area contributed by atoms with Crippen LogP contribution in [0.1, 0.15) is 22.3 Å². The van der Waals surface area contributed by atoms with Gasteiger partial charge in [0.1, 0.15) is 12.4 Å². The number of benzene rings is 2. The number of aryl methyl sites for hydroxylation is 3. The Hall–Kier alpha value is -1.18. The van der Waals surface area contributed by atoms with E-state index in [2.05, 4.69) is 32.9 Å². The summed E-state index contributed by atoms with van der Waals surface area (Å²) in [5.41, 5.74) is 4.92. The Morgan fingerprint density at radius 3 is 2.21 bits per heavy atom. The van der Waals surface area contributed by atoms with E-state index in [1.165, 1.54) is 22.3 Å². The monoisotopic (exact) mass is 294 g/mol. The van der Waals surface area contributed by atoms with E-state index in [1.54, 1.807) is 18.2 Å². The van der Waals surface area contributed by atoms with E-state index in [1.807, 2.05) is 0 Å². The summed E-state index contributed by atoms with van der Waals surface area (Å²) >= 11 is 12.0. The Morgan fingerprint density at radius 1 is 0.947 bits per heavy atom. The van der Waals surface area contributed by atoms with Crippen molar-refractivity contribution in [3.05, 3.63) is 62.6 Å². The lowest BCUT2D eigenvalue weighted by Gasteiger charge is -2.13. The molecular weight excluding hydrogens is 279 g/mol. The fourth-order valence-electron chi connectivity index (χ4n) is 2.18. The summed E-state index contributed by atoms with van der Waals surface area (Å²) in [6.07, 6.45) is 0. The summed E-state index contributed by atoms with van der Waals surface area (Å²) in [5, 5.41) is 1.20. The minimum Gasteiger partial charge on any atom is -0.487 e. The number of ether oxygens (including phenoxy) is 1. The third-order valence-electron chi connectivity index (χ3n) is 3.11. The van der Waals surface area contributed by atoms with Crippen molar-refractivity contribution in [2.24, 2.45) is 0 Å². The van der Waals surface area contributed by atoms with Crippen LogP contribution in [0.15, 0.2) is 30.3 Å². The first kappa shape index (κ1) is 14.2. The van der Waals surface area contributed by atoms with E-state index in [-0.39, 0.29) is 0 Å². The fraction of sp³-hybridized carbons (Fsp3) is 0.250. The van der Waals surface area contributed by atoms with Gasteiger partial charge in [0.25, 0.3) is 0 Å². The molecule has 0 fully saturated rings. The van der Waals surface area contributed by atoms with Crippen LogP contribution < -0.4 is 4.74 Å². The zero-order valence-corrected chi connectivity index (χ0v) is 12.8. The Kier molecular flexibility index (Phi) is 4.38. The summed E-state index contributed by atoms with van der Waals surface area (Å²) in [6.45, 7) is 6.78. The Morgan fingerprint density at radius 2 is 1.58 bits per heavy atom. The predicted octanol–water partition coefficient (Wildman–Crippen LogP) is 5.50. The van der Waals surface area contributed by atoms with Crippen LogP contribution in [0.2, 0.25) is 10.0 Å². The lowest BCUT2D eigenvalue weighted by atomic mass is 10.0. The zero-order valence-electron chi connectivity index (χ0n) is 11.3. The standard InChI is InChI=1S/C16H16Cl2O/c1-10-6-11(2)14(12(3)7-10)9-19-16-8-13(17)4-5-15(16)18/h4-8H,9H2,1-3H3. The average molecular weight is 295 g/mol. The Balaban J connectivity index is 2.21. The van der Waals surface area contributed by atoms with Gasteiger partial charge in [0, 0.05) is 11.1 Å². The number of hydrogen-bond donors (Lipinski definition) is 0. The quantitative estimate of drug-likeness (QED) is 0.726. The number of rotatable bonds is 3. The zero-order chi connectivity index (χ0) is 14.0. The number of halogens is 2. The number of hydrogen-bond acceptors (Lipinski definition) is 1. The highest BCUT2D eigenvalue weighted by molar-refractivity contribution is 6.34. The minimum absolute atomic E-state index is 0.498. The Bertz CT molecular complexity index is 583. The van der Waals surface area contributed by atoms with Crippen molar-refractivity contribution in [2.45, 2.75) is 27.4 Å². The van der Waals surface area contributed by atoms with Crippen molar-refractivity contribution in [1.29, 1.82) is 0 Å². The van der Waals surface area contributed by atoms with Crippen LogP contribution in [0.25, 0.3) is 0 Å². The van der Waals surface area contributed by atoms with E-state index in [4.69, 9.17) is 27.9 Å². The highest BCUT2D eigenvalue weighted by Gasteiger charge is 2.07. The smallest absolute Gasteiger partial charge is 0.139 e. The molecule has 0 radical (unpaired) electrons. The van der Waals surface area contributed by atoms with E-state index in [0.29, 0.717) is 22.4 Å². The van der Waals surface area contributed by atoms with Crippen molar-refractivity contribution >= 4 is 23.2 Å². The molecule has 0 N–H and O–H groups in total. The van der Waals surface area contributed by atoms with Gasteiger partial charge >= 0.3 is 0 Å². The molecule has 0 saturated heterocycles. The third kappa shape index (κ3) is 3.43. The molecule has 0 heterocycles. The molecule has 0 aliphatic heterocycles. The van der Waals surface area contributed by atoms with Gasteiger partial charge in [-0.2, -0.15) is 0 Å². The molecule has 2 aromatic rings. The second-order valence-electron chi connectivity index (χ2n) is 4.74. The lowest BCUT2D eigenvalue weighted by molar-refractivity contribution is 0.305. The van der Waals surface area contributed by atoms with Crippen molar-refractivity contribution in [3.63, 3.8) is 0 Å². The van der Waals surface area contributed by atoms with E-state index < -0.39 is 0 Å². The largest absolute Gasteiger partial charge is 0.487 e. The molecule has 2 rings (SSSR count).